The quantitative estimate of drug-likeness (QED) is 0.235. The molecule has 0 saturated heterocycles. The van der Waals surface area contributed by atoms with Gasteiger partial charge in [-0.05, 0) is 30.5 Å². The molecule has 3 aromatic carbocycles. The van der Waals surface area contributed by atoms with Crippen LogP contribution in [-0.4, -0.2) is 0 Å². The standard InChI is InChI=1S/C27H21N2O/c1-17-14-15-29(4)23(16-17)24-18(2)10-11-20-21-12-13-22(28-3)25(27(21)30-26(20)24)19-8-6-5-7-9-19/h5-16H,1-2,4H3/q+1/i5D,6D,7D,8D,9D,14D. The van der Waals surface area contributed by atoms with Gasteiger partial charge in [-0.3, -0.25) is 0 Å². The van der Waals surface area contributed by atoms with Crippen molar-refractivity contribution in [3.63, 3.8) is 0 Å². The maximum Gasteiger partial charge on any atom is 0.216 e. The summed E-state index contributed by atoms with van der Waals surface area (Å²) in [6, 6.07) is 7.41. The van der Waals surface area contributed by atoms with Crippen molar-refractivity contribution in [3.8, 4) is 22.4 Å². The Bertz CT molecular complexity index is 1770. The van der Waals surface area contributed by atoms with Gasteiger partial charge in [0.05, 0.1) is 20.4 Å². The van der Waals surface area contributed by atoms with Gasteiger partial charge in [0.2, 0.25) is 5.69 Å². The Morgan fingerprint density at radius 3 is 2.37 bits per heavy atom. The minimum absolute atomic E-state index is 0.0603. The third kappa shape index (κ3) is 2.69. The van der Waals surface area contributed by atoms with Crippen LogP contribution in [0.5, 0.6) is 0 Å². The Morgan fingerprint density at radius 2 is 1.63 bits per heavy atom. The summed E-state index contributed by atoms with van der Waals surface area (Å²) in [6.07, 6.45) is 1.74. The van der Waals surface area contributed by atoms with Gasteiger partial charge < -0.3 is 4.42 Å². The van der Waals surface area contributed by atoms with Gasteiger partial charge in [0, 0.05) is 28.4 Å². The first-order chi connectivity index (χ1) is 17.1. The number of hydrogen-bond acceptors (Lipinski definition) is 1. The van der Waals surface area contributed by atoms with E-state index in [1.165, 1.54) is 0 Å². The molecule has 3 nitrogen and oxygen atoms in total. The molecule has 0 N–H and O–H groups in total. The number of nitrogens with zero attached hydrogens (tertiary/aromatic N) is 2. The van der Waals surface area contributed by atoms with Gasteiger partial charge in [0.1, 0.15) is 18.2 Å². The fourth-order valence-corrected chi connectivity index (χ4v) is 3.89. The topological polar surface area (TPSA) is 21.4 Å². The summed E-state index contributed by atoms with van der Waals surface area (Å²) in [5.74, 6) is 0. The third-order valence-corrected chi connectivity index (χ3v) is 5.34. The molecule has 5 aromatic rings. The predicted molar refractivity (Wildman–Crippen MR) is 122 cm³/mol. The Labute approximate surface area is 184 Å². The average molecular weight is 396 g/mol. The van der Waals surface area contributed by atoms with Gasteiger partial charge in [-0.1, -0.05) is 54.5 Å². The molecule has 0 fully saturated rings. The summed E-state index contributed by atoms with van der Waals surface area (Å²) in [5, 5.41) is 1.46. The van der Waals surface area contributed by atoms with E-state index in [1.54, 1.807) is 18.3 Å². The first-order valence-corrected chi connectivity index (χ1v) is 9.47. The van der Waals surface area contributed by atoms with Crippen LogP contribution >= 0.6 is 0 Å². The Morgan fingerprint density at radius 1 is 0.933 bits per heavy atom. The largest absolute Gasteiger partial charge is 0.456 e. The number of furan rings is 1. The molecule has 0 atom stereocenters. The smallest absolute Gasteiger partial charge is 0.216 e. The zero-order valence-corrected chi connectivity index (χ0v) is 16.8. The van der Waals surface area contributed by atoms with E-state index in [0.717, 1.165) is 27.8 Å². The number of fused-ring (bicyclic) bond motifs is 3. The van der Waals surface area contributed by atoms with E-state index in [1.807, 2.05) is 43.7 Å². The molecular weight excluding hydrogens is 368 g/mol. The molecule has 0 aliphatic rings. The van der Waals surface area contributed by atoms with Crippen molar-refractivity contribution >= 4 is 27.6 Å². The second kappa shape index (κ2) is 6.86. The first kappa shape index (κ1) is 12.6. The van der Waals surface area contributed by atoms with Crippen molar-refractivity contribution in [2.24, 2.45) is 7.05 Å². The number of rotatable bonds is 2. The van der Waals surface area contributed by atoms with Crippen molar-refractivity contribution < 1.29 is 17.2 Å². The fraction of sp³-hybridized carbons (Fsp3) is 0.111. The summed E-state index contributed by atoms with van der Waals surface area (Å²) < 4.78 is 57.7. The number of benzene rings is 3. The van der Waals surface area contributed by atoms with Gasteiger partial charge >= 0.3 is 0 Å². The van der Waals surface area contributed by atoms with Crippen molar-refractivity contribution in [1.82, 2.24) is 0 Å². The van der Waals surface area contributed by atoms with Gasteiger partial charge in [-0.25, -0.2) is 9.41 Å². The zero-order chi connectivity index (χ0) is 26.0. The summed E-state index contributed by atoms with van der Waals surface area (Å²) >= 11 is 0. The van der Waals surface area contributed by atoms with E-state index >= 15 is 0 Å². The average Bonchev–Trinajstić information content (AvgIpc) is 3.23. The van der Waals surface area contributed by atoms with Crippen LogP contribution in [0, 0.1) is 20.4 Å². The van der Waals surface area contributed by atoms with Crippen LogP contribution in [0.2, 0.25) is 0 Å². The molecule has 5 rings (SSSR count). The maximum atomic E-state index is 8.50. The summed E-state index contributed by atoms with van der Waals surface area (Å²) in [6.45, 7) is 11.6. The van der Waals surface area contributed by atoms with Gasteiger partial charge in [-0.2, -0.15) is 0 Å². The lowest BCUT2D eigenvalue weighted by molar-refractivity contribution is -0.660. The highest BCUT2D eigenvalue weighted by molar-refractivity contribution is 6.15. The van der Waals surface area contributed by atoms with E-state index in [2.05, 4.69) is 4.85 Å². The molecule has 0 aliphatic carbocycles. The molecule has 0 unspecified atom stereocenters. The molecule has 0 spiro atoms. The predicted octanol–water partition coefficient (Wildman–Crippen LogP) is 6.91. The van der Waals surface area contributed by atoms with Gasteiger partial charge in [-0.15, -0.1) is 0 Å². The molecule has 144 valence electrons. The molecular formula is C27H21N2O+. The van der Waals surface area contributed by atoms with E-state index in [-0.39, 0.29) is 28.9 Å². The molecule has 3 heteroatoms. The lowest BCUT2D eigenvalue weighted by Gasteiger charge is -2.06. The van der Waals surface area contributed by atoms with E-state index in [4.69, 9.17) is 19.2 Å². The third-order valence-electron chi connectivity index (χ3n) is 5.34. The lowest BCUT2D eigenvalue weighted by Crippen LogP contribution is -2.30. The van der Waals surface area contributed by atoms with Gasteiger partial charge in [0.25, 0.3) is 0 Å². The second-order valence-corrected chi connectivity index (χ2v) is 7.28. The van der Waals surface area contributed by atoms with Crippen molar-refractivity contribution in [1.29, 1.82) is 0 Å². The summed E-state index contributed by atoms with van der Waals surface area (Å²) in [4.78, 5) is 3.59. The van der Waals surface area contributed by atoms with E-state index < -0.39 is 18.1 Å². The normalized spacial score (nSPS) is 13.9. The molecule has 0 saturated carbocycles. The van der Waals surface area contributed by atoms with Crippen molar-refractivity contribution in [2.45, 2.75) is 13.8 Å². The van der Waals surface area contributed by atoms with Crippen LogP contribution in [0.4, 0.5) is 5.69 Å². The van der Waals surface area contributed by atoms with Crippen LogP contribution in [0.1, 0.15) is 19.4 Å². The number of aryl methyl sites for hydroxylation is 3. The molecule has 30 heavy (non-hydrogen) atoms. The zero-order valence-electron chi connectivity index (χ0n) is 22.8. The van der Waals surface area contributed by atoms with E-state index in [9.17, 15) is 0 Å². The SMILES string of the molecule is [2H]c1c[n+](C)c(-c2c(C)ccc3c2oc2c(-c4c([2H])c([2H])c([2H])c([2H])c4[2H])c([N+]#[C-])ccc23)cc1C. The number of aromatic nitrogens is 1. The highest BCUT2D eigenvalue weighted by Gasteiger charge is 2.23. The number of pyridine rings is 1. The van der Waals surface area contributed by atoms with Crippen molar-refractivity contribution in [3.05, 3.63) is 95.3 Å². The highest BCUT2D eigenvalue weighted by atomic mass is 16.3. The first-order valence-electron chi connectivity index (χ1n) is 12.5. The highest BCUT2D eigenvalue weighted by Crippen LogP contribution is 2.44. The van der Waals surface area contributed by atoms with Crippen molar-refractivity contribution in [2.75, 3.05) is 0 Å². The summed E-state index contributed by atoms with van der Waals surface area (Å²) in [5.41, 5.74) is 4.55. The van der Waals surface area contributed by atoms with E-state index in [0.29, 0.717) is 22.6 Å². The summed E-state index contributed by atoms with van der Waals surface area (Å²) in [7, 11) is 1.86. The minimum atomic E-state index is -0.492. The molecule has 0 aliphatic heterocycles. The molecule has 2 aromatic heterocycles. The monoisotopic (exact) mass is 395 g/mol. The molecule has 0 radical (unpaired) electrons. The van der Waals surface area contributed by atoms with Crippen LogP contribution in [-0.2, 0) is 7.05 Å². The van der Waals surface area contributed by atoms with Crippen LogP contribution in [0.3, 0.4) is 0 Å². The van der Waals surface area contributed by atoms with Gasteiger partial charge in [0.15, 0.2) is 11.9 Å². The Hall–Kier alpha value is -3.90. The van der Waals surface area contributed by atoms with Crippen LogP contribution in [0.25, 0.3) is 49.2 Å². The Kier molecular flexibility index (Phi) is 2.89. The van der Waals surface area contributed by atoms with Crippen LogP contribution < -0.4 is 4.57 Å². The second-order valence-electron chi connectivity index (χ2n) is 7.28. The molecule has 0 bridgehead atoms. The van der Waals surface area contributed by atoms with Crippen LogP contribution in [0.15, 0.2) is 77.2 Å². The maximum absolute atomic E-state index is 8.50. The lowest BCUT2D eigenvalue weighted by atomic mass is 9.98. The molecule has 0 amide bonds. The number of hydrogen-bond donors (Lipinski definition) is 0. The molecule has 2 heterocycles. The Balaban J connectivity index is 1.97. The fourth-order valence-electron chi connectivity index (χ4n) is 3.89. The minimum Gasteiger partial charge on any atom is -0.456 e.